The molecule has 0 amide bonds. The van der Waals surface area contributed by atoms with Gasteiger partial charge in [0.25, 0.3) is 0 Å². The Bertz CT molecular complexity index is 93.7. The van der Waals surface area contributed by atoms with Crippen LogP contribution in [0, 0.1) is 5.41 Å². The Labute approximate surface area is 73.1 Å². The first kappa shape index (κ1) is 11.4. The van der Waals surface area contributed by atoms with E-state index in [1.54, 1.807) is 0 Å². The Hall–Kier alpha value is 0.390. The van der Waals surface area contributed by atoms with Crippen molar-refractivity contribution in [1.29, 1.82) is 0 Å². The van der Waals surface area contributed by atoms with Gasteiger partial charge < -0.3 is 4.74 Å². The smallest absolute Gasteiger partial charge is 0.0757 e. The van der Waals surface area contributed by atoms with Crippen LogP contribution in [0.1, 0.15) is 41.0 Å². The lowest BCUT2D eigenvalue weighted by atomic mass is 9.93. The van der Waals surface area contributed by atoms with Crippen LogP contribution in [-0.4, -0.2) is 11.9 Å². The van der Waals surface area contributed by atoms with E-state index in [1.807, 2.05) is 0 Å². The van der Waals surface area contributed by atoms with Gasteiger partial charge in [-0.2, -0.15) is 0 Å². The van der Waals surface area contributed by atoms with E-state index in [1.165, 1.54) is 0 Å². The maximum absolute atomic E-state index is 5.57. The standard InChI is InChI=1S/C9H21OP/c1-8(2,3)6-7-10-9(4,5)11/h6-7,11H2,1-5H3. The summed E-state index contributed by atoms with van der Waals surface area (Å²) in [4.78, 5) is 0. The number of ether oxygens (including phenoxy) is 1. The molecule has 0 aliphatic rings. The van der Waals surface area contributed by atoms with Gasteiger partial charge in [0.1, 0.15) is 0 Å². The second-order valence-corrected chi connectivity index (χ2v) is 6.15. The molecule has 2 heteroatoms. The predicted octanol–water partition coefficient (Wildman–Crippen LogP) is 3.05. The molecule has 0 saturated heterocycles. The third-order valence-electron chi connectivity index (χ3n) is 1.33. The third kappa shape index (κ3) is 10.4. The molecule has 0 aromatic rings. The Balaban J connectivity index is 3.44. The summed E-state index contributed by atoms with van der Waals surface area (Å²) in [6.45, 7) is 11.6. The van der Waals surface area contributed by atoms with Crippen molar-refractivity contribution in [3.63, 3.8) is 0 Å². The van der Waals surface area contributed by atoms with Gasteiger partial charge in [0.05, 0.1) is 5.34 Å². The minimum absolute atomic E-state index is 0.0642. The van der Waals surface area contributed by atoms with Gasteiger partial charge in [0, 0.05) is 6.61 Å². The maximum atomic E-state index is 5.57. The van der Waals surface area contributed by atoms with Gasteiger partial charge in [0.2, 0.25) is 0 Å². The van der Waals surface area contributed by atoms with E-state index < -0.39 is 0 Å². The summed E-state index contributed by atoms with van der Waals surface area (Å²) in [7, 11) is 2.68. The van der Waals surface area contributed by atoms with Gasteiger partial charge in [-0.3, -0.25) is 0 Å². The highest BCUT2D eigenvalue weighted by Gasteiger charge is 2.14. The number of hydrogen-bond donors (Lipinski definition) is 0. The minimum atomic E-state index is -0.0642. The zero-order valence-corrected chi connectivity index (χ0v) is 9.55. The van der Waals surface area contributed by atoms with Crippen molar-refractivity contribution in [3.05, 3.63) is 0 Å². The molecule has 0 fully saturated rings. The summed E-state index contributed by atoms with van der Waals surface area (Å²) in [5, 5.41) is -0.0642. The van der Waals surface area contributed by atoms with Gasteiger partial charge in [-0.05, 0) is 25.7 Å². The molecule has 0 spiro atoms. The summed E-state index contributed by atoms with van der Waals surface area (Å²) in [5.74, 6) is 0. The average molecular weight is 176 g/mol. The van der Waals surface area contributed by atoms with Crippen molar-refractivity contribution in [2.24, 2.45) is 5.41 Å². The first-order valence-corrected chi connectivity index (χ1v) is 4.71. The predicted molar refractivity (Wildman–Crippen MR) is 53.8 cm³/mol. The lowest BCUT2D eigenvalue weighted by Crippen LogP contribution is -2.19. The number of rotatable bonds is 3. The second kappa shape index (κ2) is 3.87. The molecule has 0 aromatic carbocycles. The van der Waals surface area contributed by atoms with Crippen molar-refractivity contribution in [2.75, 3.05) is 6.61 Å². The van der Waals surface area contributed by atoms with E-state index in [2.05, 4.69) is 43.9 Å². The van der Waals surface area contributed by atoms with Gasteiger partial charge in [-0.1, -0.05) is 20.8 Å². The van der Waals surface area contributed by atoms with Crippen LogP contribution in [0.5, 0.6) is 0 Å². The van der Waals surface area contributed by atoms with Gasteiger partial charge in [-0.15, -0.1) is 9.24 Å². The maximum Gasteiger partial charge on any atom is 0.0757 e. The molecule has 0 heterocycles. The lowest BCUT2D eigenvalue weighted by molar-refractivity contribution is 0.0359. The second-order valence-electron chi connectivity index (χ2n) is 4.76. The minimum Gasteiger partial charge on any atom is -0.372 e. The molecular weight excluding hydrogens is 155 g/mol. The molecular formula is C9H21OP. The van der Waals surface area contributed by atoms with Gasteiger partial charge in [0.15, 0.2) is 0 Å². The van der Waals surface area contributed by atoms with Crippen LogP contribution in [0.15, 0.2) is 0 Å². The summed E-state index contributed by atoms with van der Waals surface area (Å²) < 4.78 is 5.57. The van der Waals surface area contributed by atoms with Crippen LogP contribution in [0.2, 0.25) is 0 Å². The van der Waals surface area contributed by atoms with E-state index in [4.69, 9.17) is 4.74 Å². The first-order valence-electron chi connectivity index (χ1n) is 4.14. The fourth-order valence-electron chi connectivity index (χ4n) is 0.620. The van der Waals surface area contributed by atoms with Crippen molar-refractivity contribution in [1.82, 2.24) is 0 Å². The van der Waals surface area contributed by atoms with E-state index in [0.29, 0.717) is 5.41 Å². The third-order valence-corrected chi connectivity index (χ3v) is 1.49. The first-order chi connectivity index (χ1) is 4.71. The molecule has 0 aliphatic heterocycles. The van der Waals surface area contributed by atoms with E-state index in [0.717, 1.165) is 13.0 Å². The zero-order chi connectivity index (χ0) is 9.12. The Morgan fingerprint density at radius 3 is 1.82 bits per heavy atom. The lowest BCUT2D eigenvalue weighted by Gasteiger charge is -2.23. The van der Waals surface area contributed by atoms with Crippen molar-refractivity contribution < 1.29 is 4.74 Å². The highest BCUT2D eigenvalue weighted by Crippen LogP contribution is 2.22. The van der Waals surface area contributed by atoms with Crippen molar-refractivity contribution in [2.45, 2.75) is 46.4 Å². The van der Waals surface area contributed by atoms with E-state index >= 15 is 0 Å². The normalized spacial score (nSPS) is 13.6. The van der Waals surface area contributed by atoms with Crippen LogP contribution in [0.4, 0.5) is 0 Å². The highest BCUT2D eigenvalue weighted by molar-refractivity contribution is 7.18. The molecule has 0 saturated carbocycles. The summed E-state index contributed by atoms with van der Waals surface area (Å²) in [6, 6.07) is 0. The zero-order valence-electron chi connectivity index (χ0n) is 8.40. The molecule has 1 nitrogen and oxygen atoms in total. The van der Waals surface area contributed by atoms with Crippen molar-refractivity contribution >= 4 is 9.24 Å². The fraction of sp³-hybridized carbons (Fsp3) is 1.00. The van der Waals surface area contributed by atoms with Crippen LogP contribution in [0.25, 0.3) is 0 Å². The summed E-state index contributed by atoms with van der Waals surface area (Å²) in [6.07, 6.45) is 1.12. The molecule has 1 unspecified atom stereocenters. The molecule has 68 valence electrons. The van der Waals surface area contributed by atoms with Crippen LogP contribution < -0.4 is 0 Å². The molecule has 0 N–H and O–H groups in total. The van der Waals surface area contributed by atoms with Crippen LogP contribution in [-0.2, 0) is 4.74 Å². The number of hydrogen-bond acceptors (Lipinski definition) is 1. The quantitative estimate of drug-likeness (QED) is 0.600. The molecule has 1 atom stereocenters. The molecule has 0 aromatic heterocycles. The van der Waals surface area contributed by atoms with Crippen LogP contribution in [0.3, 0.4) is 0 Å². The molecule has 0 radical (unpaired) electrons. The van der Waals surface area contributed by atoms with Crippen LogP contribution >= 0.6 is 9.24 Å². The largest absolute Gasteiger partial charge is 0.372 e. The summed E-state index contributed by atoms with van der Waals surface area (Å²) >= 11 is 0. The highest BCUT2D eigenvalue weighted by atomic mass is 31.0. The molecule has 11 heavy (non-hydrogen) atoms. The Morgan fingerprint density at radius 1 is 1.09 bits per heavy atom. The Morgan fingerprint density at radius 2 is 1.55 bits per heavy atom. The fourth-order valence-corrected chi connectivity index (χ4v) is 0.738. The summed E-state index contributed by atoms with van der Waals surface area (Å²) in [5.41, 5.74) is 0.385. The van der Waals surface area contributed by atoms with Crippen molar-refractivity contribution in [3.8, 4) is 0 Å². The molecule has 0 bridgehead atoms. The SMILES string of the molecule is CC(C)(C)CCOC(C)(C)P. The van der Waals surface area contributed by atoms with E-state index in [-0.39, 0.29) is 5.34 Å². The molecule has 0 rings (SSSR count). The topological polar surface area (TPSA) is 9.23 Å². The van der Waals surface area contributed by atoms with Gasteiger partial charge in [-0.25, -0.2) is 0 Å². The molecule has 0 aliphatic carbocycles. The van der Waals surface area contributed by atoms with E-state index in [9.17, 15) is 0 Å². The average Bonchev–Trinajstić information content (AvgIpc) is 1.55. The Kier molecular flexibility index (Phi) is 4.00. The van der Waals surface area contributed by atoms with Gasteiger partial charge >= 0.3 is 0 Å². The monoisotopic (exact) mass is 176 g/mol.